The Labute approximate surface area is 120 Å². The third-order valence-electron chi connectivity index (χ3n) is 3.65. The number of anilines is 1. The molecule has 0 fully saturated rings. The van der Waals surface area contributed by atoms with Crippen LogP contribution in [0.4, 0.5) is 5.82 Å². The molecular formula is C15H15N3OS. The van der Waals surface area contributed by atoms with Crippen LogP contribution in [0.5, 0.6) is 0 Å². The van der Waals surface area contributed by atoms with Crippen LogP contribution in [-0.4, -0.2) is 16.5 Å². The van der Waals surface area contributed by atoms with E-state index in [-0.39, 0.29) is 0 Å². The minimum atomic E-state index is 0.665. The molecule has 1 N–H and O–H groups in total. The van der Waals surface area contributed by atoms with Gasteiger partial charge in [0.2, 0.25) is 0 Å². The Morgan fingerprint density at radius 3 is 3.10 bits per heavy atom. The van der Waals surface area contributed by atoms with Gasteiger partial charge in [-0.2, -0.15) is 0 Å². The van der Waals surface area contributed by atoms with Crippen molar-refractivity contribution in [3.63, 3.8) is 0 Å². The van der Waals surface area contributed by atoms with Gasteiger partial charge in [-0.3, -0.25) is 0 Å². The van der Waals surface area contributed by atoms with Crippen LogP contribution < -0.4 is 5.32 Å². The van der Waals surface area contributed by atoms with Crippen molar-refractivity contribution < 1.29 is 4.42 Å². The number of aromatic nitrogens is 2. The fraction of sp³-hybridized carbons (Fsp3) is 0.333. The summed E-state index contributed by atoms with van der Waals surface area (Å²) in [6.45, 7) is 2.95. The standard InChI is InChI=1S/C15H15N3OS/c1-2-16-14-12-9-5-3-7-11(9)20-15(12)18-13(17-14)10-6-4-8-19-10/h4,6,8H,2-3,5,7H2,1H3,(H,16,17,18). The second-order valence-electron chi connectivity index (χ2n) is 4.94. The average molecular weight is 285 g/mol. The number of aryl methyl sites for hydroxylation is 2. The van der Waals surface area contributed by atoms with Gasteiger partial charge in [0.05, 0.1) is 11.6 Å². The molecule has 0 aromatic carbocycles. The van der Waals surface area contributed by atoms with Crippen molar-refractivity contribution in [2.75, 3.05) is 11.9 Å². The third-order valence-corrected chi connectivity index (χ3v) is 4.84. The SMILES string of the molecule is CCNc1nc(-c2ccco2)nc2sc3c(c12)CCC3. The molecule has 0 amide bonds. The number of furan rings is 1. The molecule has 0 bridgehead atoms. The van der Waals surface area contributed by atoms with E-state index in [1.165, 1.54) is 28.7 Å². The molecule has 0 radical (unpaired) electrons. The van der Waals surface area contributed by atoms with E-state index in [1.54, 1.807) is 17.6 Å². The lowest BCUT2D eigenvalue weighted by Crippen LogP contribution is -2.02. The smallest absolute Gasteiger partial charge is 0.199 e. The Morgan fingerprint density at radius 1 is 1.35 bits per heavy atom. The molecule has 3 heterocycles. The first-order chi connectivity index (χ1) is 9.86. The van der Waals surface area contributed by atoms with Crippen molar-refractivity contribution in [3.05, 3.63) is 28.8 Å². The molecule has 0 aliphatic heterocycles. The predicted molar refractivity (Wildman–Crippen MR) is 81.3 cm³/mol. The van der Waals surface area contributed by atoms with E-state index in [4.69, 9.17) is 9.40 Å². The summed E-state index contributed by atoms with van der Waals surface area (Å²) in [6, 6.07) is 3.77. The van der Waals surface area contributed by atoms with Gasteiger partial charge in [-0.1, -0.05) is 0 Å². The molecular weight excluding hydrogens is 270 g/mol. The molecule has 0 unspecified atom stereocenters. The van der Waals surface area contributed by atoms with Crippen LogP contribution in [0.2, 0.25) is 0 Å². The summed E-state index contributed by atoms with van der Waals surface area (Å²) < 4.78 is 5.43. The molecule has 0 spiro atoms. The van der Waals surface area contributed by atoms with Crippen molar-refractivity contribution in [2.45, 2.75) is 26.2 Å². The van der Waals surface area contributed by atoms with Gasteiger partial charge in [0.1, 0.15) is 10.6 Å². The Morgan fingerprint density at radius 2 is 2.30 bits per heavy atom. The maximum absolute atomic E-state index is 5.43. The van der Waals surface area contributed by atoms with Gasteiger partial charge in [-0.05, 0) is 43.9 Å². The lowest BCUT2D eigenvalue weighted by atomic mass is 10.2. The van der Waals surface area contributed by atoms with Crippen molar-refractivity contribution in [1.29, 1.82) is 0 Å². The number of nitrogens with zero attached hydrogens (tertiary/aromatic N) is 2. The quantitative estimate of drug-likeness (QED) is 0.793. The van der Waals surface area contributed by atoms with Gasteiger partial charge in [0, 0.05) is 11.4 Å². The summed E-state index contributed by atoms with van der Waals surface area (Å²) in [6.07, 6.45) is 5.24. The number of nitrogens with one attached hydrogen (secondary N) is 1. The van der Waals surface area contributed by atoms with Crippen LogP contribution >= 0.6 is 11.3 Å². The zero-order valence-corrected chi connectivity index (χ0v) is 12.1. The Kier molecular flexibility index (Phi) is 2.73. The molecule has 3 aromatic heterocycles. The normalized spacial score (nSPS) is 13.8. The summed E-state index contributed by atoms with van der Waals surface area (Å²) in [4.78, 5) is 11.9. The average Bonchev–Trinajstić information content (AvgIpc) is 3.15. The Hall–Kier alpha value is -1.88. The molecule has 20 heavy (non-hydrogen) atoms. The molecule has 0 saturated carbocycles. The minimum absolute atomic E-state index is 0.665. The first-order valence-electron chi connectivity index (χ1n) is 6.97. The summed E-state index contributed by atoms with van der Waals surface area (Å²) in [7, 11) is 0. The molecule has 5 heteroatoms. The highest BCUT2D eigenvalue weighted by Crippen LogP contribution is 2.40. The highest BCUT2D eigenvalue weighted by molar-refractivity contribution is 7.19. The molecule has 1 aliphatic carbocycles. The van der Waals surface area contributed by atoms with Gasteiger partial charge in [-0.25, -0.2) is 9.97 Å². The second kappa shape index (κ2) is 4.59. The van der Waals surface area contributed by atoms with Crippen LogP contribution in [0.3, 0.4) is 0 Å². The van der Waals surface area contributed by atoms with E-state index < -0.39 is 0 Å². The zero-order chi connectivity index (χ0) is 13.5. The van der Waals surface area contributed by atoms with E-state index in [0.717, 1.165) is 29.4 Å². The molecule has 4 rings (SSSR count). The summed E-state index contributed by atoms with van der Waals surface area (Å²) in [5.41, 5.74) is 1.45. The van der Waals surface area contributed by atoms with Crippen molar-refractivity contribution in [2.24, 2.45) is 0 Å². The fourth-order valence-electron chi connectivity index (χ4n) is 2.81. The van der Waals surface area contributed by atoms with Gasteiger partial charge in [-0.15, -0.1) is 11.3 Å². The fourth-order valence-corrected chi connectivity index (χ4v) is 4.07. The van der Waals surface area contributed by atoms with Crippen LogP contribution in [-0.2, 0) is 12.8 Å². The van der Waals surface area contributed by atoms with Crippen LogP contribution in [0.25, 0.3) is 21.8 Å². The van der Waals surface area contributed by atoms with Gasteiger partial charge < -0.3 is 9.73 Å². The van der Waals surface area contributed by atoms with E-state index in [1.807, 2.05) is 12.1 Å². The van der Waals surface area contributed by atoms with Crippen molar-refractivity contribution >= 4 is 27.4 Å². The van der Waals surface area contributed by atoms with Crippen LogP contribution in [0, 0.1) is 0 Å². The van der Waals surface area contributed by atoms with E-state index in [2.05, 4.69) is 17.2 Å². The number of hydrogen-bond acceptors (Lipinski definition) is 5. The van der Waals surface area contributed by atoms with Gasteiger partial charge in [0.15, 0.2) is 11.6 Å². The molecule has 0 saturated heterocycles. The molecule has 3 aromatic rings. The first kappa shape index (κ1) is 11.9. The van der Waals surface area contributed by atoms with Gasteiger partial charge in [0.25, 0.3) is 0 Å². The maximum atomic E-state index is 5.43. The predicted octanol–water partition coefficient (Wildman–Crippen LogP) is 3.87. The highest BCUT2D eigenvalue weighted by Gasteiger charge is 2.22. The first-order valence-corrected chi connectivity index (χ1v) is 7.78. The van der Waals surface area contributed by atoms with Crippen LogP contribution in [0.15, 0.2) is 22.8 Å². The largest absolute Gasteiger partial charge is 0.461 e. The zero-order valence-electron chi connectivity index (χ0n) is 11.3. The van der Waals surface area contributed by atoms with Gasteiger partial charge >= 0.3 is 0 Å². The topological polar surface area (TPSA) is 51.0 Å². The third kappa shape index (κ3) is 1.73. The lowest BCUT2D eigenvalue weighted by molar-refractivity contribution is 0.578. The van der Waals surface area contributed by atoms with E-state index >= 15 is 0 Å². The van der Waals surface area contributed by atoms with E-state index in [0.29, 0.717) is 5.82 Å². The molecule has 0 atom stereocenters. The minimum Gasteiger partial charge on any atom is -0.461 e. The lowest BCUT2D eigenvalue weighted by Gasteiger charge is -2.07. The van der Waals surface area contributed by atoms with E-state index in [9.17, 15) is 0 Å². The van der Waals surface area contributed by atoms with Crippen molar-refractivity contribution in [3.8, 4) is 11.6 Å². The molecule has 4 nitrogen and oxygen atoms in total. The number of fused-ring (bicyclic) bond motifs is 3. The number of rotatable bonds is 3. The number of hydrogen-bond donors (Lipinski definition) is 1. The molecule has 102 valence electrons. The highest BCUT2D eigenvalue weighted by atomic mass is 32.1. The Bertz CT molecular complexity index is 761. The summed E-state index contributed by atoms with van der Waals surface area (Å²) >= 11 is 1.81. The summed E-state index contributed by atoms with van der Waals surface area (Å²) in [5, 5.41) is 4.60. The maximum Gasteiger partial charge on any atom is 0.199 e. The summed E-state index contributed by atoms with van der Waals surface area (Å²) in [5.74, 6) is 2.33. The second-order valence-corrected chi connectivity index (χ2v) is 6.02. The van der Waals surface area contributed by atoms with Crippen molar-refractivity contribution in [1.82, 2.24) is 9.97 Å². The monoisotopic (exact) mass is 285 g/mol. The molecule has 1 aliphatic rings. The Balaban J connectivity index is 1.97. The van der Waals surface area contributed by atoms with Crippen LogP contribution in [0.1, 0.15) is 23.8 Å². The number of thiophene rings is 1.